The van der Waals surface area contributed by atoms with Gasteiger partial charge in [-0.2, -0.15) is 0 Å². The molecule has 1 fully saturated rings. The van der Waals surface area contributed by atoms with Gasteiger partial charge in [-0.15, -0.1) is 0 Å². The van der Waals surface area contributed by atoms with Crippen LogP contribution in [0.5, 0.6) is 11.5 Å². The number of nitrogens with zero attached hydrogens (tertiary/aromatic N) is 2. The summed E-state index contributed by atoms with van der Waals surface area (Å²) in [6.07, 6.45) is 6.08. The lowest BCUT2D eigenvalue weighted by molar-refractivity contribution is 0.285. The highest BCUT2D eigenvalue weighted by Crippen LogP contribution is 2.26. The highest BCUT2D eigenvalue weighted by molar-refractivity contribution is 5.46. The first-order valence-corrected chi connectivity index (χ1v) is 9.45. The molecule has 1 aromatic heterocycles. The van der Waals surface area contributed by atoms with Crippen LogP contribution in [0, 0.1) is 0 Å². The normalized spacial score (nSPS) is 16.3. The third-order valence-electron chi connectivity index (χ3n) is 4.87. The lowest BCUT2D eigenvalue weighted by atomic mass is 10.2. The van der Waals surface area contributed by atoms with Crippen LogP contribution < -0.4 is 14.4 Å². The second-order valence-electron chi connectivity index (χ2n) is 6.76. The van der Waals surface area contributed by atoms with Crippen molar-refractivity contribution in [2.75, 3.05) is 18.1 Å². The number of hydrogen-bond acceptors (Lipinski definition) is 4. The molecule has 0 saturated carbocycles. The van der Waals surface area contributed by atoms with Crippen LogP contribution in [0.3, 0.4) is 0 Å². The molecule has 4 rings (SSSR count). The number of rotatable bonds is 7. The van der Waals surface area contributed by atoms with E-state index in [-0.39, 0.29) is 0 Å². The largest absolute Gasteiger partial charge is 0.491 e. The molecular formula is C23H24N2O2. The molecule has 1 saturated heterocycles. The molecule has 3 aromatic rings. The number of benzene rings is 2. The predicted molar refractivity (Wildman–Crippen MR) is 107 cm³/mol. The van der Waals surface area contributed by atoms with E-state index < -0.39 is 0 Å². The minimum absolute atomic E-state index is 0.392. The van der Waals surface area contributed by atoms with Crippen LogP contribution in [0.2, 0.25) is 0 Å². The van der Waals surface area contributed by atoms with Gasteiger partial charge in [-0.25, -0.2) is 0 Å². The molecule has 0 unspecified atom stereocenters. The Balaban J connectivity index is 1.29. The summed E-state index contributed by atoms with van der Waals surface area (Å²) in [7, 11) is 0. The standard InChI is InChI=1S/C23H24N2O2/c1-2-6-19(7-3-1)17-26-22-10-12-23(13-11-22)27-18-21-9-5-15-25(21)20-8-4-14-24-16-20/h1-4,6-8,10-14,16,21H,5,9,15,17-18H2/t21-/m0/s1. The van der Waals surface area contributed by atoms with Gasteiger partial charge in [0.1, 0.15) is 24.7 Å². The Morgan fingerprint density at radius 1 is 0.889 bits per heavy atom. The molecule has 2 aromatic carbocycles. The molecular weight excluding hydrogens is 336 g/mol. The third-order valence-corrected chi connectivity index (χ3v) is 4.87. The van der Waals surface area contributed by atoms with E-state index in [0.717, 1.165) is 30.0 Å². The summed E-state index contributed by atoms with van der Waals surface area (Å²) >= 11 is 0. The van der Waals surface area contributed by atoms with Crippen molar-refractivity contribution in [3.63, 3.8) is 0 Å². The van der Waals surface area contributed by atoms with Crippen LogP contribution >= 0.6 is 0 Å². The fourth-order valence-electron chi connectivity index (χ4n) is 3.44. The summed E-state index contributed by atoms with van der Waals surface area (Å²) in [5, 5.41) is 0. The van der Waals surface area contributed by atoms with Crippen LogP contribution in [0.1, 0.15) is 18.4 Å². The van der Waals surface area contributed by atoms with E-state index in [4.69, 9.17) is 9.47 Å². The predicted octanol–water partition coefficient (Wildman–Crippen LogP) is 4.71. The van der Waals surface area contributed by atoms with Crippen molar-refractivity contribution in [3.8, 4) is 11.5 Å². The van der Waals surface area contributed by atoms with E-state index in [1.807, 2.05) is 60.9 Å². The van der Waals surface area contributed by atoms with E-state index in [2.05, 4.69) is 28.1 Å². The van der Waals surface area contributed by atoms with Gasteiger partial charge < -0.3 is 14.4 Å². The zero-order valence-electron chi connectivity index (χ0n) is 15.3. The Labute approximate surface area is 160 Å². The summed E-state index contributed by atoms with van der Waals surface area (Å²) in [4.78, 5) is 6.63. The van der Waals surface area contributed by atoms with Gasteiger partial charge in [0.2, 0.25) is 0 Å². The van der Waals surface area contributed by atoms with Gasteiger partial charge in [0.25, 0.3) is 0 Å². The highest BCUT2D eigenvalue weighted by Gasteiger charge is 2.25. The monoisotopic (exact) mass is 360 g/mol. The van der Waals surface area contributed by atoms with Gasteiger partial charge in [-0.05, 0) is 54.8 Å². The fourth-order valence-corrected chi connectivity index (χ4v) is 3.44. The zero-order valence-corrected chi connectivity index (χ0v) is 15.3. The molecule has 0 aliphatic carbocycles. The molecule has 0 radical (unpaired) electrons. The summed E-state index contributed by atoms with van der Waals surface area (Å²) in [5.41, 5.74) is 2.34. The van der Waals surface area contributed by atoms with Gasteiger partial charge in [0, 0.05) is 12.7 Å². The van der Waals surface area contributed by atoms with Crippen LogP contribution in [0.15, 0.2) is 79.1 Å². The number of pyridine rings is 1. The molecule has 0 spiro atoms. The molecule has 2 heterocycles. The molecule has 4 nitrogen and oxygen atoms in total. The van der Waals surface area contributed by atoms with E-state index in [1.54, 1.807) is 0 Å². The lowest BCUT2D eigenvalue weighted by Gasteiger charge is -2.26. The molecule has 0 bridgehead atoms. The van der Waals surface area contributed by atoms with Crippen LogP contribution in [0.4, 0.5) is 5.69 Å². The molecule has 138 valence electrons. The Bertz CT molecular complexity index is 822. The van der Waals surface area contributed by atoms with E-state index in [0.29, 0.717) is 19.3 Å². The molecule has 1 aliphatic heterocycles. The Morgan fingerprint density at radius 2 is 1.67 bits per heavy atom. The first-order valence-electron chi connectivity index (χ1n) is 9.45. The summed E-state index contributed by atoms with van der Waals surface area (Å²) < 4.78 is 11.9. The van der Waals surface area contributed by atoms with Crippen molar-refractivity contribution in [2.45, 2.75) is 25.5 Å². The fraction of sp³-hybridized carbons (Fsp3) is 0.261. The smallest absolute Gasteiger partial charge is 0.120 e. The summed E-state index contributed by atoms with van der Waals surface area (Å²) in [5.74, 6) is 1.73. The van der Waals surface area contributed by atoms with E-state index >= 15 is 0 Å². The average molecular weight is 360 g/mol. The molecule has 0 amide bonds. The maximum absolute atomic E-state index is 6.04. The topological polar surface area (TPSA) is 34.6 Å². The molecule has 4 heteroatoms. The third kappa shape index (κ3) is 4.59. The Morgan fingerprint density at radius 3 is 2.41 bits per heavy atom. The molecule has 27 heavy (non-hydrogen) atoms. The number of anilines is 1. The summed E-state index contributed by atoms with van der Waals surface area (Å²) in [6, 6.07) is 22.6. The molecule has 1 atom stereocenters. The number of ether oxygens (including phenoxy) is 2. The maximum Gasteiger partial charge on any atom is 0.120 e. The minimum atomic E-state index is 0.392. The van der Waals surface area contributed by atoms with Crippen molar-refractivity contribution >= 4 is 5.69 Å². The van der Waals surface area contributed by atoms with Gasteiger partial charge in [0.05, 0.1) is 17.9 Å². The van der Waals surface area contributed by atoms with Crippen LogP contribution in [0.25, 0.3) is 0 Å². The lowest BCUT2D eigenvalue weighted by Crippen LogP contribution is -2.34. The van der Waals surface area contributed by atoms with E-state index in [1.165, 1.54) is 12.1 Å². The highest BCUT2D eigenvalue weighted by atomic mass is 16.5. The van der Waals surface area contributed by atoms with Crippen molar-refractivity contribution in [1.82, 2.24) is 4.98 Å². The van der Waals surface area contributed by atoms with Crippen LogP contribution in [-0.2, 0) is 6.61 Å². The average Bonchev–Trinajstić information content (AvgIpc) is 3.21. The molecule has 1 aliphatic rings. The minimum Gasteiger partial charge on any atom is -0.491 e. The van der Waals surface area contributed by atoms with Gasteiger partial charge in [-0.1, -0.05) is 30.3 Å². The van der Waals surface area contributed by atoms with E-state index in [9.17, 15) is 0 Å². The SMILES string of the molecule is c1ccc(COc2ccc(OC[C@@H]3CCCN3c3cccnc3)cc2)cc1. The number of aromatic nitrogens is 1. The van der Waals surface area contributed by atoms with Crippen LogP contribution in [-0.4, -0.2) is 24.2 Å². The van der Waals surface area contributed by atoms with Crippen molar-refractivity contribution in [1.29, 1.82) is 0 Å². The van der Waals surface area contributed by atoms with Gasteiger partial charge >= 0.3 is 0 Å². The summed E-state index contributed by atoms with van der Waals surface area (Å²) in [6.45, 7) is 2.31. The second-order valence-corrected chi connectivity index (χ2v) is 6.76. The van der Waals surface area contributed by atoms with Crippen molar-refractivity contribution in [2.24, 2.45) is 0 Å². The van der Waals surface area contributed by atoms with Gasteiger partial charge in [-0.3, -0.25) is 4.98 Å². The second kappa shape index (κ2) is 8.58. The Hall–Kier alpha value is -3.01. The maximum atomic E-state index is 6.04. The quantitative estimate of drug-likeness (QED) is 0.611. The zero-order chi connectivity index (χ0) is 18.3. The van der Waals surface area contributed by atoms with Crippen molar-refractivity contribution < 1.29 is 9.47 Å². The Kier molecular flexibility index (Phi) is 5.53. The van der Waals surface area contributed by atoms with Gasteiger partial charge in [0.15, 0.2) is 0 Å². The molecule has 0 N–H and O–H groups in total. The first kappa shape index (κ1) is 17.4. The first-order chi connectivity index (χ1) is 13.4. The number of hydrogen-bond donors (Lipinski definition) is 0. The van der Waals surface area contributed by atoms with Crippen molar-refractivity contribution in [3.05, 3.63) is 84.7 Å².